The Morgan fingerprint density at radius 2 is 2.16 bits per heavy atom. The molecule has 0 aliphatic carbocycles. The van der Waals surface area contributed by atoms with Gasteiger partial charge in [-0.3, -0.25) is 9.89 Å². The fourth-order valence-corrected chi connectivity index (χ4v) is 1.67. The average molecular weight is 276 g/mol. The Hall–Kier alpha value is -2.07. The maximum Gasteiger partial charge on any atom is 0.244 e. The van der Waals surface area contributed by atoms with Crippen molar-refractivity contribution in [3.63, 3.8) is 0 Å². The third kappa shape index (κ3) is 3.96. The molecule has 0 atom stereocenters. The number of hydrogen-bond donors (Lipinski definition) is 2. The van der Waals surface area contributed by atoms with Gasteiger partial charge >= 0.3 is 0 Å². The van der Waals surface area contributed by atoms with E-state index >= 15 is 0 Å². The number of aryl methyl sites for hydroxylation is 1. The van der Waals surface area contributed by atoms with Crippen LogP contribution in [0.4, 0.5) is 0 Å². The van der Waals surface area contributed by atoms with Crippen LogP contribution in [-0.4, -0.2) is 16.1 Å². The van der Waals surface area contributed by atoms with Crippen molar-refractivity contribution in [2.45, 2.75) is 13.5 Å². The minimum Gasteiger partial charge on any atom is -0.348 e. The van der Waals surface area contributed by atoms with E-state index in [-0.39, 0.29) is 5.91 Å². The van der Waals surface area contributed by atoms with E-state index in [0.29, 0.717) is 11.6 Å². The minimum atomic E-state index is -0.143. The Balaban J connectivity index is 1.87. The number of rotatable bonds is 4. The van der Waals surface area contributed by atoms with Gasteiger partial charge in [-0.05, 0) is 30.7 Å². The first-order valence-corrected chi connectivity index (χ1v) is 6.23. The van der Waals surface area contributed by atoms with Gasteiger partial charge < -0.3 is 5.32 Å². The van der Waals surface area contributed by atoms with Crippen LogP contribution in [0, 0.1) is 6.92 Å². The molecule has 0 saturated heterocycles. The molecule has 2 N–H and O–H groups in total. The number of benzene rings is 1. The van der Waals surface area contributed by atoms with Gasteiger partial charge in [-0.2, -0.15) is 5.10 Å². The summed E-state index contributed by atoms with van der Waals surface area (Å²) in [6, 6.07) is 7.28. The molecule has 1 heterocycles. The van der Waals surface area contributed by atoms with E-state index in [1.807, 2.05) is 19.1 Å². The van der Waals surface area contributed by atoms with Crippen LogP contribution >= 0.6 is 11.6 Å². The number of nitrogens with one attached hydrogen (secondary N) is 2. The van der Waals surface area contributed by atoms with Gasteiger partial charge in [0.1, 0.15) is 0 Å². The molecule has 1 amide bonds. The number of carbonyl (C=O) groups excluding carboxylic acids is 1. The molecular weight excluding hydrogens is 262 g/mol. The van der Waals surface area contributed by atoms with Gasteiger partial charge in [0.05, 0.1) is 6.20 Å². The third-order valence-electron chi connectivity index (χ3n) is 2.68. The number of carbonyl (C=O) groups is 1. The van der Waals surface area contributed by atoms with Crippen LogP contribution in [0.5, 0.6) is 0 Å². The molecular formula is C14H14ClN3O. The van der Waals surface area contributed by atoms with Crippen LogP contribution < -0.4 is 5.32 Å². The Labute approximate surface area is 116 Å². The van der Waals surface area contributed by atoms with E-state index in [0.717, 1.165) is 16.8 Å². The van der Waals surface area contributed by atoms with Gasteiger partial charge in [-0.1, -0.05) is 23.7 Å². The number of aromatic amines is 1. The van der Waals surface area contributed by atoms with Crippen molar-refractivity contribution in [3.8, 4) is 0 Å². The first-order valence-electron chi connectivity index (χ1n) is 5.85. The van der Waals surface area contributed by atoms with Gasteiger partial charge in [0.15, 0.2) is 0 Å². The second kappa shape index (κ2) is 6.20. The second-order valence-electron chi connectivity index (χ2n) is 4.12. The summed E-state index contributed by atoms with van der Waals surface area (Å²) >= 11 is 5.78. The van der Waals surface area contributed by atoms with Crippen LogP contribution in [0.1, 0.15) is 16.8 Å². The van der Waals surface area contributed by atoms with Crippen molar-refractivity contribution in [1.29, 1.82) is 0 Å². The summed E-state index contributed by atoms with van der Waals surface area (Å²) in [5.41, 5.74) is 2.87. The lowest BCUT2D eigenvalue weighted by atomic mass is 10.2. The number of H-pyrrole nitrogens is 1. The minimum absolute atomic E-state index is 0.143. The SMILES string of the molecule is Cc1[nH]ncc1CNC(=O)/C=C/c1ccc(Cl)cc1. The van der Waals surface area contributed by atoms with E-state index in [1.165, 1.54) is 6.08 Å². The topological polar surface area (TPSA) is 57.8 Å². The number of hydrogen-bond acceptors (Lipinski definition) is 2. The maximum atomic E-state index is 11.6. The number of amides is 1. The molecule has 0 spiro atoms. The standard InChI is InChI=1S/C14H14ClN3O/c1-10-12(9-17-18-10)8-16-14(19)7-4-11-2-5-13(15)6-3-11/h2-7,9H,8H2,1H3,(H,16,19)(H,17,18)/b7-4+. The van der Waals surface area contributed by atoms with Crippen molar-refractivity contribution in [2.75, 3.05) is 0 Å². The van der Waals surface area contributed by atoms with Crippen molar-refractivity contribution in [3.05, 3.63) is 58.4 Å². The summed E-state index contributed by atoms with van der Waals surface area (Å²) in [5.74, 6) is -0.143. The zero-order valence-electron chi connectivity index (χ0n) is 10.5. The average Bonchev–Trinajstić information content (AvgIpc) is 2.81. The van der Waals surface area contributed by atoms with Gasteiger partial charge in [-0.15, -0.1) is 0 Å². The van der Waals surface area contributed by atoms with Gasteiger partial charge in [0.2, 0.25) is 5.91 Å². The molecule has 2 rings (SSSR count). The fourth-order valence-electron chi connectivity index (χ4n) is 1.54. The molecule has 1 aromatic heterocycles. The summed E-state index contributed by atoms with van der Waals surface area (Å²) in [5, 5.41) is 10.2. The van der Waals surface area contributed by atoms with Crippen LogP contribution in [0.25, 0.3) is 6.08 Å². The molecule has 0 bridgehead atoms. The summed E-state index contributed by atoms with van der Waals surface area (Å²) in [6.45, 7) is 2.38. The molecule has 2 aromatic rings. The van der Waals surface area contributed by atoms with E-state index in [9.17, 15) is 4.79 Å². The highest BCUT2D eigenvalue weighted by atomic mass is 35.5. The first-order chi connectivity index (χ1) is 9.15. The van der Waals surface area contributed by atoms with Crippen LogP contribution in [-0.2, 0) is 11.3 Å². The van der Waals surface area contributed by atoms with E-state index in [2.05, 4.69) is 15.5 Å². The van der Waals surface area contributed by atoms with Crippen LogP contribution in [0.2, 0.25) is 5.02 Å². The Morgan fingerprint density at radius 3 is 2.79 bits per heavy atom. The number of aromatic nitrogens is 2. The lowest BCUT2D eigenvalue weighted by Gasteiger charge is -2.00. The lowest BCUT2D eigenvalue weighted by molar-refractivity contribution is -0.116. The highest BCUT2D eigenvalue weighted by Gasteiger charge is 2.01. The van der Waals surface area contributed by atoms with Crippen LogP contribution in [0.3, 0.4) is 0 Å². The molecule has 0 unspecified atom stereocenters. The smallest absolute Gasteiger partial charge is 0.244 e. The summed E-state index contributed by atoms with van der Waals surface area (Å²) in [4.78, 5) is 11.6. The number of nitrogens with zero attached hydrogens (tertiary/aromatic N) is 1. The molecule has 0 aliphatic rings. The van der Waals surface area contributed by atoms with Gasteiger partial charge in [0, 0.05) is 28.9 Å². The highest BCUT2D eigenvalue weighted by Crippen LogP contribution is 2.10. The predicted octanol–water partition coefficient (Wildman–Crippen LogP) is 2.70. The van der Waals surface area contributed by atoms with Gasteiger partial charge in [-0.25, -0.2) is 0 Å². The molecule has 0 radical (unpaired) electrons. The Bertz CT molecular complexity index is 587. The van der Waals surface area contributed by atoms with Crippen molar-refractivity contribution in [2.24, 2.45) is 0 Å². The molecule has 19 heavy (non-hydrogen) atoms. The Morgan fingerprint density at radius 1 is 1.42 bits per heavy atom. The second-order valence-corrected chi connectivity index (χ2v) is 4.56. The maximum absolute atomic E-state index is 11.6. The lowest BCUT2D eigenvalue weighted by Crippen LogP contribution is -2.20. The number of halogens is 1. The van der Waals surface area contributed by atoms with E-state index in [1.54, 1.807) is 24.4 Å². The summed E-state index contributed by atoms with van der Waals surface area (Å²) < 4.78 is 0. The predicted molar refractivity (Wildman–Crippen MR) is 75.7 cm³/mol. The molecule has 0 fully saturated rings. The molecule has 0 aliphatic heterocycles. The zero-order chi connectivity index (χ0) is 13.7. The van der Waals surface area contributed by atoms with Crippen molar-refractivity contribution >= 4 is 23.6 Å². The molecule has 1 aromatic carbocycles. The molecule has 5 heteroatoms. The third-order valence-corrected chi connectivity index (χ3v) is 2.94. The van der Waals surface area contributed by atoms with Crippen molar-refractivity contribution < 1.29 is 4.79 Å². The monoisotopic (exact) mass is 275 g/mol. The zero-order valence-corrected chi connectivity index (χ0v) is 11.2. The Kier molecular flexibility index (Phi) is 4.36. The largest absolute Gasteiger partial charge is 0.348 e. The molecule has 4 nitrogen and oxygen atoms in total. The van der Waals surface area contributed by atoms with Gasteiger partial charge in [0.25, 0.3) is 0 Å². The highest BCUT2D eigenvalue weighted by molar-refractivity contribution is 6.30. The normalized spacial score (nSPS) is 10.8. The fraction of sp³-hybridized carbons (Fsp3) is 0.143. The van der Waals surface area contributed by atoms with Crippen molar-refractivity contribution in [1.82, 2.24) is 15.5 Å². The molecule has 98 valence electrons. The molecule has 0 saturated carbocycles. The van der Waals surface area contributed by atoms with E-state index < -0.39 is 0 Å². The summed E-state index contributed by atoms with van der Waals surface area (Å²) in [7, 11) is 0. The quantitative estimate of drug-likeness (QED) is 0.843. The van der Waals surface area contributed by atoms with E-state index in [4.69, 9.17) is 11.6 Å². The first kappa shape index (κ1) is 13.4. The van der Waals surface area contributed by atoms with Crippen LogP contribution in [0.15, 0.2) is 36.5 Å². The summed E-state index contributed by atoms with van der Waals surface area (Å²) in [6.07, 6.45) is 4.95.